The van der Waals surface area contributed by atoms with Crippen LogP contribution < -0.4 is 11.1 Å². The molecule has 1 unspecified atom stereocenters. The Labute approximate surface area is 109 Å². The molecule has 1 rings (SSSR count). The van der Waals surface area contributed by atoms with Crippen LogP contribution in [0.2, 0.25) is 0 Å². The summed E-state index contributed by atoms with van der Waals surface area (Å²) >= 11 is 3.11. The van der Waals surface area contributed by atoms with E-state index in [1.54, 1.807) is 6.07 Å². The van der Waals surface area contributed by atoms with Crippen LogP contribution in [0.15, 0.2) is 22.7 Å². The first kappa shape index (κ1) is 14.8. The van der Waals surface area contributed by atoms with Crippen LogP contribution in [0, 0.1) is 0 Å². The second kappa shape index (κ2) is 5.57. The van der Waals surface area contributed by atoms with Crippen LogP contribution in [0.1, 0.15) is 10.4 Å². The van der Waals surface area contributed by atoms with Gasteiger partial charge in [-0.05, 0) is 18.2 Å². The number of halogens is 4. The number of anilines is 1. The quantitative estimate of drug-likeness (QED) is 0.740. The van der Waals surface area contributed by atoms with E-state index in [2.05, 4.69) is 15.9 Å². The maximum atomic E-state index is 12.0. The SMILES string of the molecule is Nc1ccc(Br)cc1C(=O)NCC(O)C(F)(F)F. The molecular formula is C10H10BrF3N2O2. The van der Waals surface area contributed by atoms with Gasteiger partial charge in [0.15, 0.2) is 6.10 Å². The molecule has 0 heterocycles. The number of alkyl halides is 3. The average molecular weight is 327 g/mol. The third-order valence-electron chi connectivity index (χ3n) is 2.09. The van der Waals surface area contributed by atoms with E-state index in [0.29, 0.717) is 4.47 Å². The summed E-state index contributed by atoms with van der Waals surface area (Å²) in [4.78, 5) is 11.6. The first-order valence-corrected chi connectivity index (χ1v) is 5.59. The monoisotopic (exact) mass is 326 g/mol. The van der Waals surface area contributed by atoms with Gasteiger partial charge in [0.25, 0.3) is 5.91 Å². The zero-order chi connectivity index (χ0) is 13.9. The Morgan fingerprint density at radius 2 is 2.11 bits per heavy atom. The van der Waals surface area contributed by atoms with Crippen LogP contribution in [-0.4, -0.2) is 29.8 Å². The van der Waals surface area contributed by atoms with Crippen LogP contribution in [0.25, 0.3) is 0 Å². The number of carbonyl (C=O) groups is 1. The lowest BCUT2D eigenvalue weighted by Crippen LogP contribution is -2.40. The first-order chi connectivity index (χ1) is 8.21. The number of carbonyl (C=O) groups excluding carboxylic acids is 1. The molecule has 1 aromatic rings. The minimum Gasteiger partial charge on any atom is -0.398 e. The van der Waals surface area contributed by atoms with Crippen molar-refractivity contribution >= 4 is 27.5 Å². The topological polar surface area (TPSA) is 75.4 Å². The van der Waals surface area contributed by atoms with E-state index < -0.39 is 24.7 Å². The number of nitrogens with one attached hydrogen (secondary N) is 1. The summed E-state index contributed by atoms with van der Waals surface area (Å²) in [6.45, 7) is -0.922. The number of aliphatic hydroxyl groups is 1. The molecule has 0 aliphatic heterocycles. The Morgan fingerprint density at radius 3 is 2.67 bits per heavy atom. The lowest BCUT2D eigenvalue weighted by Gasteiger charge is -2.15. The third kappa shape index (κ3) is 3.88. The highest BCUT2D eigenvalue weighted by Crippen LogP contribution is 2.20. The van der Waals surface area contributed by atoms with Crippen molar-refractivity contribution in [2.24, 2.45) is 0 Å². The number of nitrogen functional groups attached to an aromatic ring is 1. The van der Waals surface area contributed by atoms with Crippen molar-refractivity contribution in [2.45, 2.75) is 12.3 Å². The highest BCUT2D eigenvalue weighted by Gasteiger charge is 2.38. The molecule has 0 bridgehead atoms. The van der Waals surface area contributed by atoms with Crippen LogP contribution in [-0.2, 0) is 0 Å². The fraction of sp³-hybridized carbons (Fsp3) is 0.300. The molecule has 18 heavy (non-hydrogen) atoms. The van der Waals surface area contributed by atoms with Gasteiger partial charge in [0.2, 0.25) is 0 Å². The minimum absolute atomic E-state index is 0.0405. The van der Waals surface area contributed by atoms with Crippen molar-refractivity contribution in [3.63, 3.8) is 0 Å². The van der Waals surface area contributed by atoms with Gasteiger partial charge in [-0.1, -0.05) is 15.9 Å². The molecule has 0 saturated heterocycles. The van der Waals surface area contributed by atoms with Gasteiger partial charge in [-0.15, -0.1) is 0 Å². The molecule has 0 aliphatic carbocycles. The van der Waals surface area contributed by atoms with Crippen LogP contribution in [0.5, 0.6) is 0 Å². The van der Waals surface area contributed by atoms with E-state index in [-0.39, 0.29) is 11.3 Å². The van der Waals surface area contributed by atoms with Crippen molar-refractivity contribution in [2.75, 3.05) is 12.3 Å². The number of hydrogen-bond donors (Lipinski definition) is 3. The lowest BCUT2D eigenvalue weighted by atomic mass is 10.1. The van der Waals surface area contributed by atoms with Gasteiger partial charge in [-0.2, -0.15) is 13.2 Å². The molecule has 8 heteroatoms. The van der Waals surface area contributed by atoms with Crippen LogP contribution >= 0.6 is 15.9 Å². The molecule has 0 aromatic heterocycles. The Hall–Kier alpha value is -1.28. The average Bonchev–Trinajstić information content (AvgIpc) is 2.27. The summed E-state index contributed by atoms with van der Waals surface area (Å²) in [5.74, 6) is -0.780. The van der Waals surface area contributed by atoms with E-state index in [4.69, 9.17) is 10.8 Å². The zero-order valence-corrected chi connectivity index (χ0v) is 10.5. The molecule has 4 nitrogen and oxygen atoms in total. The Bertz CT molecular complexity index is 451. The highest BCUT2D eigenvalue weighted by molar-refractivity contribution is 9.10. The van der Waals surface area contributed by atoms with Gasteiger partial charge in [0, 0.05) is 10.2 Å². The molecule has 0 fully saturated rings. The maximum absolute atomic E-state index is 12.0. The van der Waals surface area contributed by atoms with Crippen LogP contribution in [0.3, 0.4) is 0 Å². The molecule has 1 atom stereocenters. The smallest absolute Gasteiger partial charge is 0.398 e. The molecule has 1 amide bonds. The van der Waals surface area contributed by atoms with Crippen molar-refractivity contribution in [3.8, 4) is 0 Å². The van der Waals surface area contributed by atoms with Crippen molar-refractivity contribution in [3.05, 3.63) is 28.2 Å². The van der Waals surface area contributed by atoms with Gasteiger partial charge in [0.05, 0.1) is 12.1 Å². The standard InChI is InChI=1S/C10H10BrF3N2O2/c11-5-1-2-7(15)6(3-5)9(18)16-4-8(17)10(12,13)14/h1-3,8,17H,4,15H2,(H,16,18). The van der Waals surface area contributed by atoms with E-state index in [9.17, 15) is 18.0 Å². The van der Waals surface area contributed by atoms with Crippen molar-refractivity contribution < 1.29 is 23.1 Å². The number of amides is 1. The summed E-state index contributed by atoms with van der Waals surface area (Å²) in [6.07, 6.45) is -7.37. The molecule has 0 saturated carbocycles. The molecule has 0 aliphatic rings. The minimum atomic E-state index is -4.77. The van der Waals surface area contributed by atoms with E-state index in [1.165, 1.54) is 12.1 Å². The van der Waals surface area contributed by atoms with E-state index >= 15 is 0 Å². The third-order valence-corrected chi connectivity index (χ3v) is 2.59. The Kier molecular flexibility index (Phi) is 4.58. The summed E-state index contributed by atoms with van der Waals surface area (Å²) in [6, 6.07) is 4.42. The molecule has 4 N–H and O–H groups in total. The predicted molar refractivity (Wildman–Crippen MR) is 62.9 cm³/mol. The van der Waals surface area contributed by atoms with Gasteiger partial charge in [0.1, 0.15) is 0 Å². The lowest BCUT2D eigenvalue weighted by molar-refractivity contribution is -0.201. The van der Waals surface area contributed by atoms with Crippen molar-refractivity contribution in [1.29, 1.82) is 0 Å². The maximum Gasteiger partial charge on any atom is 0.416 e. The number of rotatable bonds is 3. The normalized spacial score (nSPS) is 13.2. The molecule has 0 radical (unpaired) electrons. The molecule has 1 aromatic carbocycles. The predicted octanol–water partition coefficient (Wildman–Crippen LogP) is 1.68. The summed E-state index contributed by atoms with van der Waals surface area (Å²) in [7, 11) is 0. The van der Waals surface area contributed by atoms with E-state index in [0.717, 1.165) is 0 Å². The number of benzene rings is 1. The zero-order valence-electron chi connectivity index (χ0n) is 8.96. The van der Waals surface area contributed by atoms with Crippen LogP contribution in [0.4, 0.5) is 18.9 Å². The summed E-state index contributed by atoms with van der Waals surface area (Å²) in [5.41, 5.74) is 5.69. The first-order valence-electron chi connectivity index (χ1n) is 4.80. The van der Waals surface area contributed by atoms with E-state index in [1.807, 2.05) is 5.32 Å². The van der Waals surface area contributed by atoms with Gasteiger partial charge < -0.3 is 16.2 Å². The fourth-order valence-corrected chi connectivity index (χ4v) is 1.49. The van der Waals surface area contributed by atoms with Gasteiger partial charge in [-0.25, -0.2) is 0 Å². The fourth-order valence-electron chi connectivity index (χ4n) is 1.13. The van der Waals surface area contributed by atoms with Crippen molar-refractivity contribution in [1.82, 2.24) is 5.32 Å². The molecule has 0 spiro atoms. The van der Waals surface area contributed by atoms with Gasteiger partial charge in [-0.3, -0.25) is 4.79 Å². The molecule has 100 valence electrons. The number of hydrogen-bond acceptors (Lipinski definition) is 3. The number of aliphatic hydroxyl groups excluding tert-OH is 1. The summed E-state index contributed by atoms with van der Waals surface area (Å²) < 4.78 is 36.6. The Morgan fingerprint density at radius 1 is 1.50 bits per heavy atom. The summed E-state index contributed by atoms with van der Waals surface area (Å²) in [5, 5.41) is 10.7. The largest absolute Gasteiger partial charge is 0.416 e. The highest BCUT2D eigenvalue weighted by atomic mass is 79.9. The Balaban J connectivity index is 2.69. The number of nitrogens with two attached hydrogens (primary N) is 1. The molecular weight excluding hydrogens is 317 g/mol. The van der Waals surface area contributed by atoms with Gasteiger partial charge >= 0.3 is 6.18 Å². The second-order valence-corrected chi connectivity index (χ2v) is 4.41. The second-order valence-electron chi connectivity index (χ2n) is 3.50.